The van der Waals surface area contributed by atoms with Crippen LogP contribution >= 0.6 is 35.7 Å². The molecule has 0 aliphatic carbocycles. The molecule has 2 rings (SSSR count). The third kappa shape index (κ3) is 7.64. The molecule has 8 heteroatoms. The smallest absolute Gasteiger partial charge is 0.229 e. The number of amides is 2. The molecule has 1 aromatic carbocycles. The van der Waals surface area contributed by atoms with Gasteiger partial charge in [0.05, 0.1) is 0 Å². The number of halogens is 1. The van der Waals surface area contributed by atoms with Crippen LogP contribution in [-0.4, -0.2) is 55.1 Å². The summed E-state index contributed by atoms with van der Waals surface area (Å²) in [6, 6.07) is 10.2. The van der Waals surface area contributed by atoms with Gasteiger partial charge in [0.25, 0.3) is 0 Å². The molecule has 1 aliphatic heterocycles. The highest BCUT2D eigenvalue weighted by atomic mass is 127. The summed E-state index contributed by atoms with van der Waals surface area (Å²) in [5, 5.41) is 6.37. The summed E-state index contributed by atoms with van der Waals surface area (Å²) in [6.45, 7) is 1.67. The molecule has 1 saturated heterocycles. The summed E-state index contributed by atoms with van der Waals surface area (Å²) in [4.78, 5) is 30.2. The van der Waals surface area contributed by atoms with Crippen LogP contribution in [0.15, 0.2) is 40.2 Å². The van der Waals surface area contributed by atoms with E-state index in [1.165, 1.54) is 9.80 Å². The molecule has 25 heavy (non-hydrogen) atoms. The Hall–Kier alpha value is -1.29. The first kappa shape index (κ1) is 21.8. The predicted molar refractivity (Wildman–Crippen MR) is 113 cm³/mol. The van der Waals surface area contributed by atoms with Crippen molar-refractivity contribution in [2.75, 3.05) is 32.4 Å². The first-order valence-corrected chi connectivity index (χ1v) is 9.15. The van der Waals surface area contributed by atoms with Crippen LogP contribution in [0.1, 0.15) is 19.3 Å². The van der Waals surface area contributed by atoms with Crippen molar-refractivity contribution in [1.82, 2.24) is 15.5 Å². The van der Waals surface area contributed by atoms with Crippen LogP contribution in [0.4, 0.5) is 0 Å². The van der Waals surface area contributed by atoms with Gasteiger partial charge in [-0.3, -0.25) is 19.5 Å². The van der Waals surface area contributed by atoms with Gasteiger partial charge in [-0.15, -0.1) is 35.7 Å². The zero-order chi connectivity index (χ0) is 17.2. The van der Waals surface area contributed by atoms with E-state index >= 15 is 0 Å². The Kier molecular flexibility index (Phi) is 10.6. The van der Waals surface area contributed by atoms with Gasteiger partial charge >= 0.3 is 0 Å². The molecule has 0 spiro atoms. The molecule has 0 unspecified atom stereocenters. The highest BCUT2D eigenvalue weighted by Gasteiger charge is 2.25. The van der Waals surface area contributed by atoms with E-state index < -0.39 is 0 Å². The number of nitrogens with zero attached hydrogens (tertiary/aromatic N) is 2. The average molecular weight is 476 g/mol. The van der Waals surface area contributed by atoms with Gasteiger partial charge in [0, 0.05) is 50.2 Å². The lowest BCUT2D eigenvalue weighted by atomic mass is 10.1. The van der Waals surface area contributed by atoms with Crippen molar-refractivity contribution < 1.29 is 9.59 Å². The standard InChI is InChI=1S/C17H24N4O2S.HI/c1-18-17(20-11-13-24-14-6-3-2-4-7-14)19-10-12-21-15(22)8-5-9-16(21)23;/h2-4,6-7H,5,8-13H2,1H3,(H2,18,19,20);1H. The van der Waals surface area contributed by atoms with Gasteiger partial charge < -0.3 is 10.6 Å². The van der Waals surface area contributed by atoms with E-state index in [1.54, 1.807) is 18.8 Å². The van der Waals surface area contributed by atoms with Crippen LogP contribution in [0.5, 0.6) is 0 Å². The maximum atomic E-state index is 11.7. The summed E-state index contributed by atoms with van der Waals surface area (Å²) >= 11 is 1.78. The summed E-state index contributed by atoms with van der Waals surface area (Å²) in [7, 11) is 1.71. The molecule has 1 aliphatic rings. The molecule has 0 saturated carbocycles. The molecule has 0 bridgehead atoms. The number of hydrogen-bond acceptors (Lipinski definition) is 4. The number of likely N-dealkylation sites (tertiary alicyclic amines) is 1. The Morgan fingerprint density at radius 2 is 1.76 bits per heavy atom. The molecule has 0 radical (unpaired) electrons. The second-order valence-electron chi connectivity index (χ2n) is 5.38. The van der Waals surface area contributed by atoms with E-state index in [0.29, 0.717) is 38.3 Å². The SMILES string of the molecule is CN=C(NCCSc1ccccc1)NCCN1C(=O)CCCC1=O.I. The Bertz CT molecular complexity index is 567. The molecule has 2 amide bonds. The summed E-state index contributed by atoms with van der Waals surface area (Å²) in [6.07, 6.45) is 1.61. The maximum Gasteiger partial charge on any atom is 0.229 e. The third-order valence-electron chi connectivity index (χ3n) is 3.64. The first-order valence-electron chi connectivity index (χ1n) is 8.16. The van der Waals surface area contributed by atoms with Gasteiger partial charge in [-0.05, 0) is 18.6 Å². The highest BCUT2D eigenvalue weighted by Crippen LogP contribution is 2.15. The molecule has 6 nitrogen and oxygen atoms in total. The van der Waals surface area contributed by atoms with E-state index in [0.717, 1.165) is 12.3 Å². The summed E-state index contributed by atoms with van der Waals surface area (Å²) < 4.78 is 0. The molecule has 1 heterocycles. The van der Waals surface area contributed by atoms with E-state index in [9.17, 15) is 9.59 Å². The zero-order valence-electron chi connectivity index (χ0n) is 14.4. The van der Waals surface area contributed by atoms with E-state index in [4.69, 9.17) is 0 Å². The Morgan fingerprint density at radius 1 is 1.12 bits per heavy atom. The van der Waals surface area contributed by atoms with Gasteiger partial charge in [0.2, 0.25) is 11.8 Å². The minimum Gasteiger partial charge on any atom is -0.356 e. The van der Waals surface area contributed by atoms with Crippen LogP contribution < -0.4 is 10.6 Å². The Morgan fingerprint density at radius 3 is 2.40 bits per heavy atom. The maximum absolute atomic E-state index is 11.7. The lowest BCUT2D eigenvalue weighted by molar-refractivity contribution is -0.147. The molecular weight excluding hydrogens is 451 g/mol. The van der Waals surface area contributed by atoms with Gasteiger partial charge in [-0.2, -0.15) is 0 Å². The van der Waals surface area contributed by atoms with Gasteiger partial charge in [0.15, 0.2) is 5.96 Å². The van der Waals surface area contributed by atoms with Crippen LogP contribution in [0.3, 0.4) is 0 Å². The van der Waals surface area contributed by atoms with Crippen molar-refractivity contribution in [2.24, 2.45) is 4.99 Å². The number of aliphatic imine (C=N–C) groups is 1. The molecule has 0 atom stereocenters. The minimum absolute atomic E-state index is 0. The summed E-state index contributed by atoms with van der Waals surface area (Å²) in [5.74, 6) is 1.46. The number of guanidine groups is 1. The number of carbonyl (C=O) groups is 2. The number of nitrogens with one attached hydrogen (secondary N) is 2. The van der Waals surface area contributed by atoms with Crippen molar-refractivity contribution >= 4 is 53.5 Å². The second-order valence-corrected chi connectivity index (χ2v) is 6.55. The van der Waals surface area contributed by atoms with Crippen molar-refractivity contribution in [3.05, 3.63) is 30.3 Å². The Labute approximate surface area is 170 Å². The van der Waals surface area contributed by atoms with Crippen LogP contribution in [0, 0.1) is 0 Å². The molecular formula is C17H25IN4O2S. The van der Waals surface area contributed by atoms with Gasteiger partial charge in [-0.1, -0.05) is 18.2 Å². The molecule has 1 aromatic rings. The average Bonchev–Trinajstić information content (AvgIpc) is 2.60. The number of hydrogen-bond donors (Lipinski definition) is 2. The normalized spacial score (nSPS) is 14.9. The van der Waals surface area contributed by atoms with Crippen molar-refractivity contribution in [3.63, 3.8) is 0 Å². The molecule has 2 N–H and O–H groups in total. The quantitative estimate of drug-likeness (QED) is 0.158. The zero-order valence-corrected chi connectivity index (χ0v) is 17.5. The van der Waals surface area contributed by atoms with E-state index in [-0.39, 0.29) is 35.8 Å². The predicted octanol–water partition coefficient (Wildman–Crippen LogP) is 2.10. The lowest BCUT2D eigenvalue weighted by Crippen LogP contribution is -2.46. The first-order chi connectivity index (χ1) is 11.7. The van der Waals surface area contributed by atoms with Gasteiger partial charge in [0.1, 0.15) is 0 Å². The summed E-state index contributed by atoms with van der Waals surface area (Å²) in [5.41, 5.74) is 0. The largest absolute Gasteiger partial charge is 0.356 e. The van der Waals surface area contributed by atoms with Crippen LogP contribution in [-0.2, 0) is 9.59 Å². The minimum atomic E-state index is -0.0738. The molecule has 0 aromatic heterocycles. The number of piperidine rings is 1. The topological polar surface area (TPSA) is 73.8 Å². The van der Waals surface area contributed by atoms with Crippen molar-refractivity contribution in [3.8, 4) is 0 Å². The fourth-order valence-corrected chi connectivity index (χ4v) is 3.20. The highest BCUT2D eigenvalue weighted by molar-refractivity contribution is 14.0. The number of benzene rings is 1. The number of thioether (sulfide) groups is 1. The van der Waals surface area contributed by atoms with Gasteiger partial charge in [-0.25, -0.2) is 0 Å². The number of carbonyl (C=O) groups excluding carboxylic acids is 2. The fraction of sp³-hybridized carbons (Fsp3) is 0.471. The third-order valence-corrected chi connectivity index (χ3v) is 4.66. The molecule has 1 fully saturated rings. The van der Waals surface area contributed by atoms with Crippen molar-refractivity contribution in [1.29, 1.82) is 0 Å². The van der Waals surface area contributed by atoms with E-state index in [2.05, 4.69) is 27.8 Å². The van der Waals surface area contributed by atoms with Crippen LogP contribution in [0.25, 0.3) is 0 Å². The lowest BCUT2D eigenvalue weighted by Gasteiger charge is -2.25. The number of imide groups is 1. The van der Waals surface area contributed by atoms with Crippen molar-refractivity contribution in [2.45, 2.75) is 24.2 Å². The fourth-order valence-electron chi connectivity index (χ4n) is 2.41. The van der Waals surface area contributed by atoms with E-state index in [1.807, 2.05) is 18.2 Å². The monoisotopic (exact) mass is 476 g/mol. The second kappa shape index (κ2) is 12.1. The Balaban J connectivity index is 0.00000312. The van der Waals surface area contributed by atoms with Crippen LogP contribution in [0.2, 0.25) is 0 Å². The number of rotatable bonds is 7. The molecule has 138 valence electrons.